The van der Waals surface area contributed by atoms with E-state index < -0.39 is 6.09 Å². The average molecular weight is 497 g/mol. The number of nitrogens with zero attached hydrogens (tertiary/aromatic N) is 1. The van der Waals surface area contributed by atoms with Gasteiger partial charge < -0.3 is 24.5 Å². The first-order valence-electron chi connectivity index (χ1n) is 12.7. The second kappa shape index (κ2) is 9.32. The number of hydrogen-bond acceptors (Lipinski definition) is 4. The zero-order chi connectivity index (χ0) is 25.5. The lowest BCUT2D eigenvalue weighted by atomic mass is 9.92. The molecule has 1 saturated carbocycles. The lowest BCUT2D eigenvalue weighted by Crippen LogP contribution is -2.29. The smallest absolute Gasteiger partial charge is 0.407 e. The molecule has 3 aromatic carbocycles. The van der Waals surface area contributed by atoms with Crippen LogP contribution in [0.25, 0.3) is 22.3 Å². The first kappa shape index (κ1) is 23.2. The highest BCUT2D eigenvalue weighted by Crippen LogP contribution is 2.48. The van der Waals surface area contributed by atoms with Crippen molar-refractivity contribution in [2.75, 3.05) is 13.6 Å². The standard InChI is InChI=1S/C30H28N2O5/c1-31-29(33)27-24-16-22(18-9-10-18)23(25-8-5-15-32(25)30(34)35)17-26(24)37-28(27)19-11-13-21(14-12-19)36-20-6-3-2-4-7-20/h2-4,6-7,11-14,16-18,25H,5,8-10,15H2,1H3,(H,31,33)(H,34,35). The molecule has 2 fully saturated rings. The summed E-state index contributed by atoms with van der Waals surface area (Å²) in [6.07, 6.45) is 2.87. The van der Waals surface area contributed by atoms with Crippen LogP contribution in [0.4, 0.5) is 4.79 Å². The molecule has 2 aliphatic rings. The molecule has 6 rings (SSSR count). The first-order chi connectivity index (χ1) is 18.0. The summed E-state index contributed by atoms with van der Waals surface area (Å²) in [5.41, 5.74) is 3.98. The first-order valence-corrected chi connectivity index (χ1v) is 12.7. The van der Waals surface area contributed by atoms with Gasteiger partial charge in [-0.05, 0) is 91.3 Å². The second-order valence-electron chi connectivity index (χ2n) is 9.71. The average Bonchev–Trinajstić information content (AvgIpc) is 3.51. The Balaban J connectivity index is 1.44. The number of carboxylic acid groups (broad SMARTS) is 1. The number of carbonyl (C=O) groups is 2. The van der Waals surface area contributed by atoms with Gasteiger partial charge in [0, 0.05) is 24.5 Å². The molecular weight excluding hydrogens is 468 g/mol. The number of fused-ring (bicyclic) bond motifs is 1. The van der Waals surface area contributed by atoms with E-state index in [0.717, 1.165) is 53.5 Å². The lowest BCUT2D eigenvalue weighted by molar-refractivity contribution is 0.0964. The third-order valence-corrected chi connectivity index (χ3v) is 7.32. The van der Waals surface area contributed by atoms with Crippen molar-refractivity contribution in [1.82, 2.24) is 10.2 Å². The number of hydrogen-bond donors (Lipinski definition) is 2. The summed E-state index contributed by atoms with van der Waals surface area (Å²) in [4.78, 5) is 26.5. The normalized spacial score (nSPS) is 17.2. The molecule has 2 heterocycles. The number of benzene rings is 3. The van der Waals surface area contributed by atoms with Crippen LogP contribution in [0.15, 0.2) is 71.1 Å². The Hall–Kier alpha value is -4.26. The third kappa shape index (κ3) is 4.31. The molecule has 1 unspecified atom stereocenters. The van der Waals surface area contributed by atoms with E-state index in [-0.39, 0.29) is 11.9 Å². The molecule has 2 N–H and O–H groups in total. The van der Waals surface area contributed by atoms with Crippen LogP contribution in [0.2, 0.25) is 0 Å². The lowest BCUT2D eigenvalue weighted by Gasteiger charge is -2.24. The molecule has 1 aliphatic carbocycles. The number of carbonyl (C=O) groups excluding carboxylic acids is 1. The van der Waals surface area contributed by atoms with Crippen molar-refractivity contribution >= 4 is 23.0 Å². The van der Waals surface area contributed by atoms with Gasteiger partial charge in [0.25, 0.3) is 5.91 Å². The van der Waals surface area contributed by atoms with Gasteiger partial charge in [0.15, 0.2) is 0 Å². The third-order valence-electron chi connectivity index (χ3n) is 7.32. The van der Waals surface area contributed by atoms with Crippen molar-refractivity contribution in [3.63, 3.8) is 0 Å². The highest BCUT2D eigenvalue weighted by Gasteiger charge is 2.36. The molecule has 1 aliphatic heterocycles. The van der Waals surface area contributed by atoms with E-state index in [1.807, 2.05) is 60.7 Å². The van der Waals surface area contributed by atoms with Gasteiger partial charge in [-0.15, -0.1) is 0 Å². The molecule has 1 aromatic heterocycles. The van der Waals surface area contributed by atoms with Gasteiger partial charge in [-0.2, -0.15) is 0 Å². The van der Waals surface area contributed by atoms with E-state index in [4.69, 9.17) is 9.15 Å². The Bertz CT molecular complexity index is 1470. The fraction of sp³-hybridized carbons (Fsp3) is 0.267. The van der Waals surface area contributed by atoms with Crippen LogP contribution in [0.1, 0.15) is 59.1 Å². The van der Waals surface area contributed by atoms with Crippen molar-refractivity contribution in [3.8, 4) is 22.8 Å². The van der Waals surface area contributed by atoms with Crippen LogP contribution in [-0.2, 0) is 0 Å². The Morgan fingerprint density at radius 3 is 2.38 bits per heavy atom. The molecule has 7 nitrogen and oxygen atoms in total. The fourth-order valence-electron chi connectivity index (χ4n) is 5.38. The predicted molar refractivity (Wildman–Crippen MR) is 140 cm³/mol. The van der Waals surface area contributed by atoms with Gasteiger partial charge in [0.2, 0.25) is 0 Å². The van der Waals surface area contributed by atoms with Crippen molar-refractivity contribution in [3.05, 3.63) is 83.4 Å². The van der Waals surface area contributed by atoms with Gasteiger partial charge in [0.05, 0.1) is 11.6 Å². The molecule has 0 radical (unpaired) electrons. The van der Waals surface area contributed by atoms with Crippen LogP contribution in [-0.4, -0.2) is 35.6 Å². The number of likely N-dealkylation sites (tertiary alicyclic amines) is 1. The Labute approximate surface area is 214 Å². The number of nitrogens with one attached hydrogen (secondary N) is 1. The highest BCUT2D eigenvalue weighted by atomic mass is 16.5. The number of para-hydroxylation sites is 1. The van der Waals surface area contributed by atoms with Crippen LogP contribution < -0.4 is 10.1 Å². The highest BCUT2D eigenvalue weighted by molar-refractivity contribution is 6.11. The number of amides is 2. The van der Waals surface area contributed by atoms with E-state index in [2.05, 4.69) is 11.4 Å². The molecule has 188 valence electrons. The maximum atomic E-state index is 13.1. The Morgan fingerprint density at radius 1 is 0.973 bits per heavy atom. The Morgan fingerprint density at radius 2 is 1.70 bits per heavy atom. The zero-order valence-electron chi connectivity index (χ0n) is 20.6. The summed E-state index contributed by atoms with van der Waals surface area (Å²) in [5, 5.41) is 13.3. The van der Waals surface area contributed by atoms with Gasteiger partial charge in [-0.1, -0.05) is 18.2 Å². The van der Waals surface area contributed by atoms with Gasteiger partial charge >= 0.3 is 6.09 Å². The summed E-state index contributed by atoms with van der Waals surface area (Å²) in [5.74, 6) is 2.08. The van der Waals surface area contributed by atoms with Crippen LogP contribution in [0.5, 0.6) is 11.5 Å². The minimum atomic E-state index is -0.895. The SMILES string of the molecule is CNC(=O)c1c(-c2ccc(Oc3ccccc3)cc2)oc2cc(C3CCCN3C(=O)O)c(C3CC3)cc12. The molecule has 0 spiro atoms. The van der Waals surface area contributed by atoms with Gasteiger partial charge in [0.1, 0.15) is 22.8 Å². The predicted octanol–water partition coefficient (Wildman–Crippen LogP) is 6.94. The zero-order valence-corrected chi connectivity index (χ0v) is 20.6. The summed E-state index contributed by atoms with van der Waals surface area (Å²) in [6, 6.07) is 20.9. The molecule has 2 amide bonds. The van der Waals surface area contributed by atoms with Crippen LogP contribution in [0.3, 0.4) is 0 Å². The molecule has 1 atom stereocenters. The molecule has 0 bridgehead atoms. The molecule has 4 aromatic rings. The molecule has 37 heavy (non-hydrogen) atoms. The number of ether oxygens (including phenoxy) is 1. The minimum Gasteiger partial charge on any atom is -0.465 e. The molecule has 1 saturated heterocycles. The van der Waals surface area contributed by atoms with E-state index in [9.17, 15) is 14.7 Å². The number of furan rings is 1. The van der Waals surface area contributed by atoms with E-state index in [1.54, 1.807) is 7.05 Å². The summed E-state index contributed by atoms with van der Waals surface area (Å²) in [7, 11) is 1.61. The summed E-state index contributed by atoms with van der Waals surface area (Å²) < 4.78 is 12.3. The second-order valence-corrected chi connectivity index (χ2v) is 9.71. The molecular formula is C30H28N2O5. The Kier molecular flexibility index (Phi) is 5.83. The fourth-order valence-corrected chi connectivity index (χ4v) is 5.38. The van der Waals surface area contributed by atoms with Crippen molar-refractivity contribution in [2.45, 2.75) is 37.6 Å². The summed E-state index contributed by atoms with van der Waals surface area (Å²) >= 11 is 0. The quantitative estimate of drug-likeness (QED) is 0.302. The number of rotatable bonds is 6. The van der Waals surface area contributed by atoms with Gasteiger partial charge in [-0.25, -0.2) is 4.79 Å². The van der Waals surface area contributed by atoms with Crippen molar-refractivity contribution < 1.29 is 23.8 Å². The summed E-state index contributed by atoms with van der Waals surface area (Å²) in [6.45, 7) is 0.534. The van der Waals surface area contributed by atoms with Gasteiger partial charge in [-0.3, -0.25) is 4.79 Å². The largest absolute Gasteiger partial charge is 0.465 e. The van der Waals surface area contributed by atoms with Crippen molar-refractivity contribution in [1.29, 1.82) is 0 Å². The van der Waals surface area contributed by atoms with E-state index in [0.29, 0.717) is 35.1 Å². The maximum Gasteiger partial charge on any atom is 0.407 e. The van der Waals surface area contributed by atoms with Crippen LogP contribution >= 0.6 is 0 Å². The minimum absolute atomic E-state index is 0.191. The molecule has 7 heteroatoms. The van der Waals surface area contributed by atoms with Crippen molar-refractivity contribution in [2.24, 2.45) is 0 Å². The van der Waals surface area contributed by atoms with E-state index >= 15 is 0 Å². The monoisotopic (exact) mass is 496 g/mol. The van der Waals surface area contributed by atoms with E-state index in [1.165, 1.54) is 4.90 Å². The van der Waals surface area contributed by atoms with Crippen LogP contribution in [0, 0.1) is 0 Å². The maximum absolute atomic E-state index is 13.1. The topological polar surface area (TPSA) is 92.0 Å².